The van der Waals surface area contributed by atoms with Gasteiger partial charge in [-0.2, -0.15) is 0 Å². The summed E-state index contributed by atoms with van der Waals surface area (Å²) >= 11 is 0. The van der Waals surface area contributed by atoms with Gasteiger partial charge in [-0.05, 0) is 69.9 Å². The van der Waals surface area contributed by atoms with Crippen molar-refractivity contribution >= 4 is 45.2 Å². The van der Waals surface area contributed by atoms with Crippen molar-refractivity contribution in [3.63, 3.8) is 0 Å². The number of nitrogens with one attached hydrogen (secondary N) is 3. The Balaban J connectivity index is 1.84. The summed E-state index contributed by atoms with van der Waals surface area (Å²) in [6.45, 7) is 7.67. The number of nitrogens with two attached hydrogens (primary N) is 2. The molecule has 0 saturated carbocycles. The van der Waals surface area contributed by atoms with Crippen LogP contribution in [-0.4, -0.2) is 69.5 Å². The van der Waals surface area contributed by atoms with Crippen molar-refractivity contribution in [2.45, 2.75) is 101 Å². The molecule has 1 saturated heterocycles. The first-order chi connectivity index (χ1) is 19.8. The maximum atomic E-state index is 13.6. The van der Waals surface area contributed by atoms with Gasteiger partial charge in [0.25, 0.3) is 0 Å². The second-order valence-corrected chi connectivity index (χ2v) is 14.5. The van der Waals surface area contributed by atoms with Gasteiger partial charge in [0.15, 0.2) is 0 Å². The number of aliphatic hydroxyl groups is 1. The van der Waals surface area contributed by atoms with E-state index in [-0.39, 0.29) is 18.1 Å². The Hall–Kier alpha value is -2.54. The molecule has 12 heteroatoms. The van der Waals surface area contributed by atoms with E-state index in [0.717, 1.165) is 23.1 Å². The van der Waals surface area contributed by atoms with E-state index in [4.69, 9.17) is 11.5 Å². The molecule has 10 nitrogen and oxygen atoms in total. The predicted molar refractivity (Wildman–Crippen MR) is 169 cm³/mol. The zero-order valence-corrected chi connectivity index (χ0v) is 26.5. The molecule has 7 atom stereocenters. The summed E-state index contributed by atoms with van der Waals surface area (Å²) < 4.78 is -0.739. The second-order valence-electron chi connectivity index (χ2n) is 11.6. The number of carbonyl (C=O) groups excluding carboxylic acids is 4. The van der Waals surface area contributed by atoms with Crippen molar-refractivity contribution in [3.8, 4) is 0 Å². The minimum Gasteiger partial charge on any atom is -0.389 e. The van der Waals surface area contributed by atoms with Crippen LogP contribution in [0.2, 0.25) is 0 Å². The van der Waals surface area contributed by atoms with Crippen LogP contribution in [0.1, 0.15) is 66.2 Å². The molecule has 8 N–H and O–H groups in total. The van der Waals surface area contributed by atoms with E-state index in [1.54, 1.807) is 6.08 Å². The number of aliphatic hydroxyl groups excluding tert-OH is 1. The van der Waals surface area contributed by atoms with Crippen LogP contribution in [0, 0.1) is 5.92 Å². The van der Waals surface area contributed by atoms with Crippen LogP contribution in [0.3, 0.4) is 0 Å². The molecule has 4 amide bonds. The lowest BCUT2D eigenvalue weighted by atomic mass is 9.87. The van der Waals surface area contributed by atoms with Crippen molar-refractivity contribution in [3.05, 3.63) is 47.1 Å². The molecular weight excluding hydrogens is 574 g/mol. The Kier molecular flexibility index (Phi) is 12.3. The number of hydrogen-bond donors (Lipinski definition) is 6. The first-order valence-electron chi connectivity index (χ1n) is 14.5. The van der Waals surface area contributed by atoms with E-state index >= 15 is 0 Å². The summed E-state index contributed by atoms with van der Waals surface area (Å²) in [5, 5.41) is 18.5. The average molecular weight is 620 g/mol. The number of primary amides is 1. The van der Waals surface area contributed by atoms with Gasteiger partial charge in [-0.1, -0.05) is 70.9 Å². The Bertz CT molecular complexity index is 1170. The van der Waals surface area contributed by atoms with Gasteiger partial charge in [0.05, 0.1) is 16.9 Å². The molecule has 3 rings (SSSR count). The quantitative estimate of drug-likeness (QED) is 0.213. The van der Waals surface area contributed by atoms with Crippen LogP contribution in [0.25, 0.3) is 0 Å². The van der Waals surface area contributed by atoms with Crippen LogP contribution in [0.5, 0.6) is 0 Å². The Morgan fingerprint density at radius 2 is 1.95 bits per heavy atom. The Labute approximate surface area is 256 Å². The lowest BCUT2D eigenvalue weighted by Gasteiger charge is -2.35. The largest absolute Gasteiger partial charge is 0.389 e. The molecule has 0 aromatic rings. The standard InChI is InChI=1S/C30H45N5O5S2/c1-5-11-30(4)25(26(32)37)35-28(39)23(14-19-9-7-6-8-10-19)33-29(40)24(16-41-42-30)34-27(38)22(31)15-21-17(2)12-20(36)13-18(21)3/h6-9,12,19-20,22-25,36H,5,10-11,13-16,31H2,1-4H3,(H2,32,37)(H,33,40)(H,34,38)(H,35,39)/t19?,20?,22-,23-,24+,25-,30-/m0/s1. The van der Waals surface area contributed by atoms with Gasteiger partial charge >= 0.3 is 0 Å². The minimum atomic E-state index is -0.964. The third-order valence-electron chi connectivity index (χ3n) is 8.00. The van der Waals surface area contributed by atoms with E-state index < -0.39 is 58.6 Å². The summed E-state index contributed by atoms with van der Waals surface area (Å²) in [7, 11) is 2.73. The zero-order chi connectivity index (χ0) is 31.0. The van der Waals surface area contributed by atoms with Gasteiger partial charge in [-0.15, -0.1) is 0 Å². The van der Waals surface area contributed by atoms with Gasteiger partial charge in [0.2, 0.25) is 23.6 Å². The van der Waals surface area contributed by atoms with Gasteiger partial charge in [-0.3, -0.25) is 19.2 Å². The van der Waals surface area contributed by atoms with E-state index in [0.29, 0.717) is 25.7 Å². The topological polar surface area (TPSA) is 177 Å². The monoisotopic (exact) mass is 619 g/mol. The smallest absolute Gasteiger partial charge is 0.244 e. The summed E-state index contributed by atoms with van der Waals surface area (Å²) in [6.07, 6.45) is 12.2. The summed E-state index contributed by atoms with van der Waals surface area (Å²) in [5.41, 5.74) is 14.9. The molecule has 0 radical (unpaired) electrons. The van der Waals surface area contributed by atoms with Crippen molar-refractivity contribution in [1.82, 2.24) is 16.0 Å². The molecule has 232 valence electrons. The maximum absolute atomic E-state index is 13.6. The zero-order valence-electron chi connectivity index (χ0n) is 24.9. The first kappa shape index (κ1) is 34.0. The molecular formula is C30H45N5O5S2. The SMILES string of the molecule is CCC[C@]1(C)SSC[C@@H](NC(=O)[C@@H](N)CC2=C(C)CC(O)C=C2C)C(=O)N[C@@H](CC2C=CC=CC2)C(=O)N[C@H]1C(N)=O. The average Bonchev–Trinajstić information content (AvgIpc) is 2.93. The Morgan fingerprint density at radius 3 is 2.57 bits per heavy atom. The number of rotatable bonds is 9. The lowest BCUT2D eigenvalue weighted by molar-refractivity contribution is -0.133. The lowest BCUT2D eigenvalue weighted by Crippen LogP contribution is -2.61. The van der Waals surface area contributed by atoms with Gasteiger partial charge in [0.1, 0.15) is 18.1 Å². The fourth-order valence-corrected chi connectivity index (χ4v) is 8.90. The van der Waals surface area contributed by atoms with Crippen molar-refractivity contribution in [2.24, 2.45) is 17.4 Å². The normalized spacial score (nSPS) is 31.4. The molecule has 1 aliphatic heterocycles. The molecule has 0 spiro atoms. The van der Waals surface area contributed by atoms with Crippen molar-refractivity contribution in [2.75, 3.05) is 5.75 Å². The van der Waals surface area contributed by atoms with Crippen LogP contribution >= 0.6 is 21.6 Å². The summed E-state index contributed by atoms with van der Waals surface area (Å²) in [5.74, 6) is -1.91. The second kappa shape index (κ2) is 15.3. The molecule has 42 heavy (non-hydrogen) atoms. The third-order valence-corrected chi connectivity index (χ3v) is 11.3. The fourth-order valence-electron chi connectivity index (χ4n) is 5.68. The molecule has 0 bridgehead atoms. The highest BCUT2D eigenvalue weighted by atomic mass is 33.1. The van der Waals surface area contributed by atoms with E-state index in [9.17, 15) is 24.3 Å². The number of hydrogen-bond acceptors (Lipinski definition) is 8. The molecule has 2 aliphatic carbocycles. The maximum Gasteiger partial charge on any atom is 0.244 e. The molecule has 1 heterocycles. The predicted octanol–water partition coefficient (Wildman–Crippen LogP) is 2.15. The molecule has 0 aromatic carbocycles. The van der Waals surface area contributed by atoms with E-state index in [2.05, 4.69) is 16.0 Å². The van der Waals surface area contributed by atoms with Crippen LogP contribution in [-0.2, 0) is 19.2 Å². The van der Waals surface area contributed by atoms with Crippen LogP contribution in [0.4, 0.5) is 0 Å². The highest BCUT2D eigenvalue weighted by molar-refractivity contribution is 8.77. The van der Waals surface area contributed by atoms with Gasteiger partial charge in [0, 0.05) is 5.75 Å². The molecule has 1 fully saturated rings. The summed E-state index contributed by atoms with van der Waals surface area (Å²) in [4.78, 5) is 53.1. The fraction of sp³-hybridized carbons (Fsp3) is 0.600. The number of carbonyl (C=O) groups is 4. The van der Waals surface area contributed by atoms with Crippen molar-refractivity contribution < 1.29 is 24.3 Å². The Morgan fingerprint density at radius 1 is 1.21 bits per heavy atom. The van der Waals surface area contributed by atoms with Gasteiger partial charge in [-0.25, -0.2) is 0 Å². The highest BCUT2D eigenvalue weighted by Gasteiger charge is 2.42. The molecule has 0 aromatic heterocycles. The minimum absolute atomic E-state index is 0.0114. The molecule has 3 aliphatic rings. The van der Waals surface area contributed by atoms with E-state index in [1.165, 1.54) is 21.6 Å². The summed E-state index contributed by atoms with van der Waals surface area (Å²) in [6, 6.07) is -3.78. The van der Waals surface area contributed by atoms with Gasteiger partial charge < -0.3 is 32.5 Å². The first-order valence-corrected chi connectivity index (χ1v) is 16.8. The third kappa shape index (κ3) is 8.98. The molecule has 2 unspecified atom stereocenters. The van der Waals surface area contributed by atoms with Crippen LogP contribution < -0.4 is 27.4 Å². The van der Waals surface area contributed by atoms with Crippen LogP contribution in [0.15, 0.2) is 47.1 Å². The van der Waals surface area contributed by atoms with Crippen molar-refractivity contribution in [1.29, 1.82) is 0 Å². The highest BCUT2D eigenvalue weighted by Crippen LogP contribution is 2.42. The van der Waals surface area contributed by atoms with E-state index in [1.807, 2.05) is 52.0 Å². The number of amides is 4. The number of allylic oxidation sites excluding steroid dienone is 5.